The number of fused-ring (bicyclic) bond motifs is 1. The molecule has 0 aliphatic carbocycles. The molecule has 1 amide bonds. The Morgan fingerprint density at radius 3 is 2.77 bits per heavy atom. The Hall–Kier alpha value is -2.69. The third kappa shape index (κ3) is 2.57. The van der Waals surface area contributed by atoms with Crippen LogP contribution in [0.5, 0.6) is 0 Å². The summed E-state index contributed by atoms with van der Waals surface area (Å²) in [4.78, 5) is 26.0. The summed E-state index contributed by atoms with van der Waals surface area (Å²) in [6.45, 7) is 2.06. The fraction of sp³-hybridized carbons (Fsp3) is 0.235. The van der Waals surface area contributed by atoms with Crippen molar-refractivity contribution in [1.82, 2.24) is 19.9 Å². The van der Waals surface area contributed by atoms with Gasteiger partial charge in [-0.3, -0.25) is 9.78 Å². The van der Waals surface area contributed by atoms with E-state index in [0.29, 0.717) is 5.82 Å². The van der Waals surface area contributed by atoms with Crippen molar-refractivity contribution in [3.05, 3.63) is 60.2 Å². The van der Waals surface area contributed by atoms with E-state index < -0.39 is 0 Å². The van der Waals surface area contributed by atoms with Gasteiger partial charge in [0.25, 0.3) is 5.91 Å². The van der Waals surface area contributed by atoms with Gasteiger partial charge in [-0.15, -0.1) is 0 Å². The van der Waals surface area contributed by atoms with E-state index in [9.17, 15) is 4.79 Å². The van der Waals surface area contributed by atoms with E-state index in [4.69, 9.17) is 0 Å². The molecule has 5 nitrogen and oxygen atoms in total. The molecule has 22 heavy (non-hydrogen) atoms. The van der Waals surface area contributed by atoms with Crippen molar-refractivity contribution >= 4 is 16.9 Å². The van der Waals surface area contributed by atoms with E-state index in [1.807, 2.05) is 36.4 Å². The fourth-order valence-corrected chi connectivity index (χ4v) is 2.67. The number of H-pyrrole nitrogens is 1. The molecule has 0 aliphatic rings. The van der Waals surface area contributed by atoms with Crippen LogP contribution in [-0.2, 0) is 0 Å². The quantitative estimate of drug-likeness (QED) is 0.804. The Morgan fingerprint density at radius 1 is 1.27 bits per heavy atom. The van der Waals surface area contributed by atoms with Crippen LogP contribution in [0.1, 0.15) is 35.6 Å². The first kappa shape index (κ1) is 14.3. The average Bonchev–Trinajstić information content (AvgIpc) is 2.99. The maximum Gasteiger partial charge on any atom is 0.289 e. The Kier molecular flexibility index (Phi) is 3.87. The summed E-state index contributed by atoms with van der Waals surface area (Å²) in [6.07, 6.45) is 4.35. The Labute approximate surface area is 129 Å². The number of imidazole rings is 1. The second kappa shape index (κ2) is 5.97. The van der Waals surface area contributed by atoms with Crippen LogP contribution in [0.4, 0.5) is 0 Å². The van der Waals surface area contributed by atoms with Crippen molar-refractivity contribution in [1.29, 1.82) is 0 Å². The molecule has 0 fully saturated rings. The molecule has 2 heterocycles. The number of aromatic nitrogens is 3. The van der Waals surface area contributed by atoms with Crippen LogP contribution in [0.3, 0.4) is 0 Å². The van der Waals surface area contributed by atoms with Crippen molar-refractivity contribution in [2.24, 2.45) is 0 Å². The topological polar surface area (TPSA) is 61.9 Å². The summed E-state index contributed by atoms with van der Waals surface area (Å²) < 4.78 is 0. The average molecular weight is 294 g/mol. The second-order valence-corrected chi connectivity index (χ2v) is 5.23. The van der Waals surface area contributed by atoms with Crippen LogP contribution >= 0.6 is 0 Å². The smallest absolute Gasteiger partial charge is 0.289 e. The van der Waals surface area contributed by atoms with Crippen molar-refractivity contribution < 1.29 is 4.79 Å². The molecular formula is C17H18N4O. The summed E-state index contributed by atoms with van der Waals surface area (Å²) in [6, 6.07) is 11.5. The highest BCUT2D eigenvalue weighted by Gasteiger charge is 2.23. The third-order valence-electron chi connectivity index (χ3n) is 3.84. The van der Waals surface area contributed by atoms with Gasteiger partial charge in [-0.1, -0.05) is 25.1 Å². The van der Waals surface area contributed by atoms with Crippen LogP contribution < -0.4 is 0 Å². The van der Waals surface area contributed by atoms with Gasteiger partial charge in [0.2, 0.25) is 0 Å². The van der Waals surface area contributed by atoms with Crippen molar-refractivity contribution in [2.75, 3.05) is 7.05 Å². The highest BCUT2D eigenvalue weighted by Crippen LogP contribution is 2.23. The number of aromatic amines is 1. The minimum atomic E-state index is -0.119. The molecule has 0 spiro atoms. The Morgan fingerprint density at radius 2 is 2.09 bits per heavy atom. The highest BCUT2D eigenvalue weighted by molar-refractivity contribution is 5.94. The highest BCUT2D eigenvalue weighted by atomic mass is 16.2. The first-order valence-corrected chi connectivity index (χ1v) is 7.32. The maximum atomic E-state index is 12.7. The van der Waals surface area contributed by atoms with Gasteiger partial charge in [-0.05, 0) is 30.2 Å². The first-order chi connectivity index (χ1) is 10.7. The molecule has 112 valence electrons. The maximum absolute atomic E-state index is 12.7. The lowest BCUT2D eigenvalue weighted by molar-refractivity contribution is 0.0715. The van der Waals surface area contributed by atoms with E-state index in [2.05, 4.69) is 21.9 Å². The predicted octanol–water partition coefficient (Wildman–Crippen LogP) is 3.18. The van der Waals surface area contributed by atoms with Crippen molar-refractivity contribution in [3.63, 3.8) is 0 Å². The number of carbonyl (C=O) groups excluding carboxylic acids is 1. The lowest BCUT2D eigenvalue weighted by Gasteiger charge is -2.26. The zero-order valence-electron chi connectivity index (χ0n) is 12.7. The van der Waals surface area contributed by atoms with Crippen molar-refractivity contribution in [2.45, 2.75) is 19.4 Å². The third-order valence-corrected chi connectivity index (χ3v) is 3.84. The van der Waals surface area contributed by atoms with Gasteiger partial charge >= 0.3 is 0 Å². The fourth-order valence-electron chi connectivity index (χ4n) is 2.67. The molecule has 0 aliphatic heterocycles. The molecule has 1 N–H and O–H groups in total. The number of nitrogens with one attached hydrogen (secondary N) is 1. The summed E-state index contributed by atoms with van der Waals surface area (Å²) in [5, 5.41) is 0. The Bertz CT molecular complexity index is 748. The number of benzene rings is 1. The van der Waals surface area contributed by atoms with Gasteiger partial charge in [0.05, 0.1) is 17.1 Å². The van der Waals surface area contributed by atoms with Crippen LogP contribution in [-0.4, -0.2) is 32.8 Å². The molecule has 0 saturated heterocycles. The summed E-state index contributed by atoms with van der Waals surface area (Å²) in [5.41, 5.74) is 2.69. The van der Waals surface area contributed by atoms with E-state index >= 15 is 0 Å². The number of amides is 1. The number of para-hydroxylation sites is 2. The summed E-state index contributed by atoms with van der Waals surface area (Å²) in [7, 11) is 1.80. The normalized spacial score (nSPS) is 12.3. The molecular weight excluding hydrogens is 276 g/mol. The monoisotopic (exact) mass is 294 g/mol. The van der Waals surface area contributed by atoms with Crippen molar-refractivity contribution in [3.8, 4) is 0 Å². The molecule has 3 aromatic rings. The van der Waals surface area contributed by atoms with Gasteiger partial charge in [0.1, 0.15) is 0 Å². The Balaban J connectivity index is 1.89. The molecule has 2 aromatic heterocycles. The van der Waals surface area contributed by atoms with E-state index in [-0.39, 0.29) is 11.9 Å². The van der Waals surface area contributed by atoms with E-state index in [0.717, 1.165) is 23.0 Å². The number of nitrogens with zero attached hydrogens (tertiary/aromatic N) is 3. The second-order valence-electron chi connectivity index (χ2n) is 5.23. The van der Waals surface area contributed by atoms with E-state index in [1.54, 1.807) is 24.3 Å². The number of carbonyl (C=O) groups is 1. The zero-order chi connectivity index (χ0) is 15.5. The molecule has 1 aromatic carbocycles. The number of hydrogen-bond acceptors (Lipinski definition) is 3. The van der Waals surface area contributed by atoms with Gasteiger partial charge in [-0.2, -0.15) is 0 Å². The number of pyridine rings is 1. The standard InChI is InChI=1S/C17H18N4O/c1-3-15(12-7-6-10-18-11-12)21(2)17(22)16-19-13-8-4-5-9-14(13)20-16/h4-11,15H,3H2,1-2H3,(H,19,20). The zero-order valence-corrected chi connectivity index (χ0v) is 12.7. The molecule has 0 bridgehead atoms. The van der Waals surface area contributed by atoms with Crippen LogP contribution in [0.15, 0.2) is 48.8 Å². The first-order valence-electron chi connectivity index (χ1n) is 7.32. The van der Waals surface area contributed by atoms with Gasteiger partial charge in [-0.25, -0.2) is 4.98 Å². The molecule has 5 heteroatoms. The van der Waals surface area contributed by atoms with Gasteiger partial charge < -0.3 is 9.88 Å². The van der Waals surface area contributed by atoms with Crippen LogP contribution in [0.2, 0.25) is 0 Å². The number of hydrogen-bond donors (Lipinski definition) is 1. The van der Waals surface area contributed by atoms with E-state index in [1.165, 1.54) is 0 Å². The molecule has 0 radical (unpaired) electrons. The van der Waals surface area contributed by atoms with Crippen LogP contribution in [0.25, 0.3) is 11.0 Å². The minimum Gasteiger partial charge on any atom is -0.334 e. The molecule has 0 saturated carbocycles. The van der Waals surface area contributed by atoms with Crippen LogP contribution in [0, 0.1) is 0 Å². The molecule has 3 rings (SSSR count). The van der Waals surface area contributed by atoms with Gasteiger partial charge in [0, 0.05) is 19.4 Å². The minimum absolute atomic E-state index is 0.0191. The predicted molar refractivity (Wildman–Crippen MR) is 85.5 cm³/mol. The SMILES string of the molecule is CCC(c1cccnc1)N(C)C(=O)c1nc2ccccc2[nH]1. The molecule has 1 atom stereocenters. The lowest BCUT2D eigenvalue weighted by Crippen LogP contribution is -2.31. The lowest BCUT2D eigenvalue weighted by atomic mass is 10.1. The largest absolute Gasteiger partial charge is 0.334 e. The summed E-state index contributed by atoms with van der Waals surface area (Å²) >= 11 is 0. The summed E-state index contributed by atoms with van der Waals surface area (Å²) in [5.74, 6) is 0.248. The van der Waals surface area contributed by atoms with Gasteiger partial charge in [0.15, 0.2) is 5.82 Å². The number of rotatable bonds is 4. The molecule has 1 unspecified atom stereocenters.